The number of ether oxygens (including phenoxy) is 1. The molecule has 6 heteroatoms. The minimum atomic E-state index is -0.307. The van der Waals surface area contributed by atoms with Crippen molar-refractivity contribution in [2.24, 2.45) is 5.92 Å². The van der Waals surface area contributed by atoms with Gasteiger partial charge in [0.05, 0.1) is 22.2 Å². The maximum Gasteiger partial charge on any atom is 0.268 e. The van der Waals surface area contributed by atoms with Crippen molar-refractivity contribution in [3.05, 3.63) is 200 Å². The van der Waals surface area contributed by atoms with Crippen molar-refractivity contribution < 1.29 is 35.9 Å². The smallest absolute Gasteiger partial charge is 0.268 e. The van der Waals surface area contributed by atoms with Gasteiger partial charge in [0.15, 0.2) is 0 Å². The SMILES string of the molecule is [2H]c1c([2H])c([2H])c2c(c1[2H])c1ccc(Oc3[c-]c(-n4[c-][n+](-c5c(-c6ccccc6)cccc5-c5ccccc5)c5ccccc54)ccc3)[c-]c1n2-c1cc(CC(C)C)ccn1.[Pt]. The van der Waals surface area contributed by atoms with Gasteiger partial charge in [0, 0.05) is 44.3 Å². The first-order chi connectivity index (χ1) is 29.7. The zero-order chi connectivity index (χ0) is 41.8. The van der Waals surface area contributed by atoms with Crippen molar-refractivity contribution in [2.75, 3.05) is 0 Å². The van der Waals surface area contributed by atoms with E-state index in [1.807, 2.05) is 65.2 Å². The topological polar surface area (TPSA) is 35.9 Å². The summed E-state index contributed by atoms with van der Waals surface area (Å²) in [5, 5.41) is 1.02. The molecule has 3 heterocycles. The van der Waals surface area contributed by atoms with Crippen molar-refractivity contribution in [2.45, 2.75) is 20.3 Å². The molecule has 10 rings (SSSR count). The summed E-state index contributed by atoms with van der Waals surface area (Å²) in [7, 11) is 0. The van der Waals surface area contributed by atoms with Crippen LogP contribution in [-0.4, -0.2) is 14.1 Å². The van der Waals surface area contributed by atoms with Crippen molar-refractivity contribution in [1.82, 2.24) is 14.1 Å². The molecule has 0 saturated heterocycles. The zero-order valence-corrected chi connectivity index (χ0v) is 34.0. The Hall–Kier alpha value is -6.55. The third-order valence-corrected chi connectivity index (χ3v) is 10.2. The molecule has 0 aliphatic carbocycles. The molecule has 0 atom stereocenters. The molecule has 0 amide bonds. The quantitative estimate of drug-likeness (QED) is 0.107. The number of hydrogen-bond donors (Lipinski definition) is 0. The maximum atomic E-state index is 8.98. The van der Waals surface area contributed by atoms with E-state index in [2.05, 4.69) is 116 Å². The molecule has 3 aromatic heterocycles. The normalized spacial score (nSPS) is 12.3. The fraction of sp³-hybridized carbons (Fsp3) is 0.0769. The van der Waals surface area contributed by atoms with E-state index < -0.39 is 0 Å². The van der Waals surface area contributed by atoms with Crippen LogP contribution < -0.4 is 9.30 Å². The Labute approximate surface area is 358 Å². The van der Waals surface area contributed by atoms with Crippen LogP contribution in [0.25, 0.3) is 72.3 Å². The second-order valence-electron chi connectivity index (χ2n) is 14.5. The molecule has 0 radical (unpaired) electrons. The van der Waals surface area contributed by atoms with Crippen LogP contribution in [0.5, 0.6) is 11.5 Å². The van der Waals surface area contributed by atoms with Gasteiger partial charge in [-0.05, 0) is 69.4 Å². The molecule has 284 valence electrons. The number of nitrogens with zero attached hydrogens (tertiary/aromatic N) is 4. The molecule has 0 N–H and O–H groups in total. The van der Waals surface area contributed by atoms with E-state index in [1.165, 1.54) is 0 Å². The summed E-state index contributed by atoms with van der Waals surface area (Å²) in [4.78, 5) is 4.70. The van der Waals surface area contributed by atoms with Gasteiger partial charge in [-0.25, -0.2) is 4.98 Å². The first kappa shape index (κ1) is 32.5. The molecule has 0 aliphatic rings. The average molecular weight is 934 g/mol. The fourth-order valence-corrected chi connectivity index (χ4v) is 7.73. The van der Waals surface area contributed by atoms with Gasteiger partial charge in [-0.15, -0.1) is 29.7 Å². The number of rotatable bonds is 9. The number of aromatic nitrogens is 4. The summed E-state index contributed by atoms with van der Waals surface area (Å²) in [6, 6.07) is 54.8. The van der Waals surface area contributed by atoms with Gasteiger partial charge in [-0.3, -0.25) is 4.57 Å². The predicted molar refractivity (Wildman–Crippen MR) is 229 cm³/mol. The summed E-state index contributed by atoms with van der Waals surface area (Å²) >= 11 is 0. The van der Waals surface area contributed by atoms with E-state index in [1.54, 1.807) is 16.8 Å². The Balaban J connectivity index is 0.00000490. The van der Waals surface area contributed by atoms with Gasteiger partial charge in [-0.2, -0.15) is 18.2 Å². The van der Waals surface area contributed by atoms with Crippen LogP contribution in [0.4, 0.5) is 0 Å². The van der Waals surface area contributed by atoms with Crippen LogP contribution in [0.2, 0.25) is 0 Å². The largest absolute Gasteiger partial charge is 0.510 e. The van der Waals surface area contributed by atoms with Gasteiger partial charge in [-0.1, -0.05) is 141 Å². The molecule has 10 aromatic rings. The van der Waals surface area contributed by atoms with Gasteiger partial charge in [0.1, 0.15) is 5.82 Å². The van der Waals surface area contributed by atoms with Crippen molar-refractivity contribution in [3.8, 4) is 50.9 Å². The van der Waals surface area contributed by atoms with E-state index >= 15 is 0 Å². The van der Waals surface area contributed by atoms with Crippen LogP contribution in [0.15, 0.2) is 176 Å². The number of para-hydroxylation sites is 4. The molecule has 0 bridgehead atoms. The molecule has 0 fully saturated rings. The first-order valence-corrected chi connectivity index (χ1v) is 19.1. The van der Waals surface area contributed by atoms with Crippen LogP contribution in [0.3, 0.4) is 0 Å². The Kier molecular flexibility index (Phi) is 8.84. The summed E-state index contributed by atoms with van der Waals surface area (Å²) in [5.74, 6) is 1.79. The molecule has 5 nitrogen and oxygen atoms in total. The maximum absolute atomic E-state index is 8.98. The minimum Gasteiger partial charge on any atom is -0.510 e. The van der Waals surface area contributed by atoms with Crippen molar-refractivity contribution >= 4 is 32.8 Å². The molecule has 0 aliphatic heterocycles. The van der Waals surface area contributed by atoms with Gasteiger partial charge in [0.2, 0.25) is 0 Å². The number of pyridine rings is 1. The average Bonchev–Trinajstić information content (AvgIpc) is 3.84. The monoisotopic (exact) mass is 933 g/mol. The number of imidazole rings is 1. The van der Waals surface area contributed by atoms with E-state index in [0.717, 1.165) is 56.6 Å². The third kappa shape index (κ3) is 6.82. The summed E-state index contributed by atoms with van der Waals surface area (Å²) in [6.45, 7) is 4.31. The van der Waals surface area contributed by atoms with E-state index in [0.29, 0.717) is 45.0 Å². The Bertz CT molecular complexity index is 3230. The van der Waals surface area contributed by atoms with E-state index in [4.69, 9.17) is 15.2 Å². The molecule has 0 saturated carbocycles. The number of fused-ring (bicyclic) bond motifs is 4. The summed E-state index contributed by atoms with van der Waals surface area (Å²) in [5.41, 5.74) is 9.91. The number of benzene rings is 7. The van der Waals surface area contributed by atoms with Crippen LogP contribution >= 0.6 is 0 Å². The summed E-state index contributed by atoms with van der Waals surface area (Å²) < 4.78 is 47.4. The van der Waals surface area contributed by atoms with E-state index in [-0.39, 0.29) is 45.2 Å². The Morgan fingerprint density at radius 3 is 2.14 bits per heavy atom. The number of hydrogen-bond acceptors (Lipinski definition) is 2. The summed E-state index contributed by atoms with van der Waals surface area (Å²) in [6.07, 6.45) is 6.27. The molecule has 0 spiro atoms. The minimum absolute atomic E-state index is 0. The van der Waals surface area contributed by atoms with Crippen molar-refractivity contribution in [3.63, 3.8) is 0 Å². The fourth-order valence-electron chi connectivity index (χ4n) is 7.73. The van der Waals surface area contributed by atoms with Gasteiger partial charge < -0.3 is 13.9 Å². The first-order valence-electron chi connectivity index (χ1n) is 21.1. The second-order valence-corrected chi connectivity index (χ2v) is 14.5. The standard InChI is InChI=1S/C52H38N4O.Pt/c1-36(2)31-37-29-30-53-51(32-37)56-47-24-10-9-21-45(47)46-28-27-42(34-50(46)56)57-41-20-13-19-40(33-41)54-35-55(49-26-12-11-25-48(49)54)52-43(38-15-5-3-6-16-38)22-14-23-44(52)39-17-7-4-8-18-39;/h3-30,32,36H,31H2,1-2H3;/q-2;/i9D,10D,21D,24D;. The predicted octanol–water partition coefficient (Wildman–Crippen LogP) is 12.1. The molecule has 58 heavy (non-hydrogen) atoms. The third-order valence-electron chi connectivity index (χ3n) is 10.2. The van der Waals surface area contributed by atoms with E-state index in [9.17, 15) is 0 Å². The van der Waals surface area contributed by atoms with Crippen LogP contribution in [0.1, 0.15) is 24.9 Å². The van der Waals surface area contributed by atoms with Crippen molar-refractivity contribution in [1.29, 1.82) is 0 Å². The Morgan fingerprint density at radius 1 is 0.690 bits per heavy atom. The van der Waals surface area contributed by atoms with Crippen LogP contribution in [0, 0.1) is 24.4 Å². The van der Waals surface area contributed by atoms with Gasteiger partial charge in [0.25, 0.3) is 6.33 Å². The molecular formula is C52H38N4OPt-2. The second kappa shape index (κ2) is 15.8. The molecule has 7 aromatic carbocycles. The molecule has 0 unspecified atom stereocenters. The van der Waals surface area contributed by atoms with Crippen LogP contribution in [-0.2, 0) is 27.5 Å². The Morgan fingerprint density at radius 2 is 1.38 bits per heavy atom. The zero-order valence-electron chi connectivity index (χ0n) is 35.7. The van der Waals surface area contributed by atoms with Gasteiger partial charge >= 0.3 is 0 Å². The molecular weight excluding hydrogens is 892 g/mol.